The highest BCUT2D eigenvalue weighted by Crippen LogP contribution is 2.22. The first-order valence-corrected chi connectivity index (χ1v) is 8.86. The predicted octanol–water partition coefficient (Wildman–Crippen LogP) is 3.80. The molecule has 126 valence electrons. The number of nitrogens with one attached hydrogen (secondary N) is 2. The quantitative estimate of drug-likeness (QED) is 0.762. The lowest BCUT2D eigenvalue weighted by Crippen LogP contribution is -2.26. The summed E-state index contributed by atoms with van der Waals surface area (Å²) in [6, 6.07) is 14.7. The van der Waals surface area contributed by atoms with Gasteiger partial charge in [0.1, 0.15) is 5.69 Å². The Labute approximate surface area is 143 Å². The Hall–Kier alpha value is -2.36. The highest BCUT2D eigenvalue weighted by Gasteiger charge is 2.15. The number of aromatic nitrogens is 1. The molecular weight excluding hydrogens is 298 g/mol. The maximum atomic E-state index is 12.2. The zero-order valence-corrected chi connectivity index (χ0v) is 14.0. The third-order valence-electron chi connectivity index (χ3n) is 4.49. The van der Waals surface area contributed by atoms with E-state index in [1.807, 2.05) is 30.3 Å². The van der Waals surface area contributed by atoms with Crippen molar-refractivity contribution in [2.45, 2.75) is 44.6 Å². The second kappa shape index (κ2) is 8.48. The molecule has 1 aliphatic carbocycles. The summed E-state index contributed by atoms with van der Waals surface area (Å²) in [6.45, 7) is 0.662. The zero-order chi connectivity index (χ0) is 16.6. The average Bonchev–Trinajstić information content (AvgIpc) is 3.13. The fourth-order valence-electron chi connectivity index (χ4n) is 3.18. The van der Waals surface area contributed by atoms with Crippen molar-refractivity contribution in [2.75, 3.05) is 11.9 Å². The van der Waals surface area contributed by atoms with Crippen molar-refractivity contribution >= 4 is 11.6 Å². The van der Waals surface area contributed by atoms with E-state index in [1.54, 1.807) is 6.20 Å². The van der Waals surface area contributed by atoms with E-state index in [1.165, 1.54) is 31.2 Å². The molecule has 4 heteroatoms. The predicted molar refractivity (Wildman–Crippen MR) is 97.2 cm³/mol. The molecule has 0 aliphatic heterocycles. The number of aryl methyl sites for hydroxylation is 1. The first-order valence-electron chi connectivity index (χ1n) is 8.86. The topological polar surface area (TPSA) is 54.0 Å². The van der Waals surface area contributed by atoms with Gasteiger partial charge in [0.05, 0.1) is 0 Å². The lowest BCUT2D eigenvalue weighted by Gasteiger charge is -2.14. The number of carbonyl (C=O) groups excluding carboxylic acids is 1. The molecule has 0 unspecified atom stereocenters. The van der Waals surface area contributed by atoms with Gasteiger partial charge < -0.3 is 10.6 Å². The second-order valence-electron chi connectivity index (χ2n) is 6.40. The van der Waals surface area contributed by atoms with Crippen LogP contribution >= 0.6 is 0 Å². The van der Waals surface area contributed by atoms with Crippen LogP contribution in [-0.2, 0) is 6.42 Å². The summed E-state index contributed by atoms with van der Waals surface area (Å²) in [5.74, 6) is -0.0990. The number of hydrogen-bond donors (Lipinski definition) is 2. The molecule has 1 amide bonds. The molecule has 1 aromatic heterocycles. The third-order valence-corrected chi connectivity index (χ3v) is 4.49. The molecule has 3 rings (SSSR count). The highest BCUT2D eigenvalue weighted by atomic mass is 16.1. The van der Waals surface area contributed by atoms with Gasteiger partial charge in [0.25, 0.3) is 5.91 Å². The first-order chi connectivity index (χ1) is 11.8. The van der Waals surface area contributed by atoms with Crippen LogP contribution in [0.2, 0.25) is 0 Å². The van der Waals surface area contributed by atoms with Crippen LogP contribution in [0.3, 0.4) is 0 Å². The summed E-state index contributed by atoms with van der Waals surface area (Å²) in [5.41, 5.74) is 2.77. The van der Waals surface area contributed by atoms with Crippen LogP contribution in [0.5, 0.6) is 0 Å². The van der Waals surface area contributed by atoms with Crippen molar-refractivity contribution in [3.05, 3.63) is 59.9 Å². The zero-order valence-electron chi connectivity index (χ0n) is 14.0. The molecular formula is C20H25N3O. The van der Waals surface area contributed by atoms with E-state index in [-0.39, 0.29) is 5.91 Å². The molecule has 1 saturated carbocycles. The molecule has 1 heterocycles. The van der Waals surface area contributed by atoms with Crippen molar-refractivity contribution in [3.63, 3.8) is 0 Å². The number of pyridine rings is 1. The minimum atomic E-state index is -0.0990. The smallest absolute Gasteiger partial charge is 0.269 e. The third kappa shape index (κ3) is 4.82. The van der Waals surface area contributed by atoms with E-state index >= 15 is 0 Å². The van der Waals surface area contributed by atoms with Gasteiger partial charge in [-0.3, -0.25) is 9.78 Å². The van der Waals surface area contributed by atoms with E-state index in [2.05, 4.69) is 27.8 Å². The molecule has 0 atom stereocenters. The molecule has 0 spiro atoms. The van der Waals surface area contributed by atoms with Crippen LogP contribution < -0.4 is 10.6 Å². The van der Waals surface area contributed by atoms with Gasteiger partial charge in [-0.1, -0.05) is 43.2 Å². The van der Waals surface area contributed by atoms with Crippen molar-refractivity contribution in [2.24, 2.45) is 0 Å². The summed E-state index contributed by atoms with van der Waals surface area (Å²) in [7, 11) is 0. The Morgan fingerprint density at radius 1 is 1.12 bits per heavy atom. The SMILES string of the molecule is O=C(NCCCc1ccccc1)c1cc(NC2CCCC2)ccn1. The molecule has 0 radical (unpaired) electrons. The van der Waals surface area contributed by atoms with Gasteiger partial charge in [0.15, 0.2) is 0 Å². The van der Waals surface area contributed by atoms with E-state index in [0.717, 1.165) is 18.5 Å². The number of carbonyl (C=O) groups is 1. The Morgan fingerprint density at radius 2 is 1.92 bits per heavy atom. The monoisotopic (exact) mass is 323 g/mol. The fraction of sp³-hybridized carbons (Fsp3) is 0.400. The minimum absolute atomic E-state index is 0.0990. The van der Waals surface area contributed by atoms with Crippen LogP contribution in [0.25, 0.3) is 0 Å². The number of benzene rings is 1. The number of nitrogens with zero attached hydrogens (tertiary/aromatic N) is 1. The van der Waals surface area contributed by atoms with Gasteiger partial charge in [-0.25, -0.2) is 0 Å². The summed E-state index contributed by atoms with van der Waals surface area (Å²) < 4.78 is 0. The van der Waals surface area contributed by atoms with E-state index in [9.17, 15) is 4.79 Å². The van der Waals surface area contributed by atoms with Crippen molar-refractivity contribution in [1.82, 2.24) is 10.3 Å². The van der Waals surface area contributed by atoms with Crippen molar-refractivity contribution in [1.29, 1.82) is 0 Å². The van der Waals surface area contributed by atoms with Crippen LogP contribution in [-0.4, -0.2) is 23.5 Å². The largest absolute Gasteiger partial charge is 0.382 e. The second-order valence-corrected chi connectivity index (χ2v) is 6.40. The highest BCUT2D eigenvalue weighted by molar-refractivity contribution is 5.93. The summed E-state index contributed by atoms with van der Waals surface area (Å²) in [4.78, 5) is 16.4. The molecule has 1 aromatic carbocycles. The maximum Gasteiger partial charge on any atom is 0.269 e. The average molecular weight is 323 g/mol. The number of rotatable bonds is 7. The van der Waals surface area contributed by atoms with Crippen LogP contribution in [0.1, 0.15) is 48.2 Å². The van der Waals surface area contributed by atoms with E-state index in [0.29, 0.717) is 18.3 Å². The molecule has 0 saturated heterocycles. The normalized spacial score (nSPS) is 14.5. The molecule has 0 bridgehead atoms. The van der Waals surface area contributed by atoms with Crippen LogP contribution in [0, 0.1) is 0 Å². The standard InChI is InChI=1S/C20H25N3O/c24-20(22-13-6-9-16-7-2-1-3-8-16)19-15-18(12-14-21-19)23-17-10-4-5-11-17/h1-3,7-8,12,14-15,17H,4-6,9-11,13H2,(H,21,23)(H,22,24). The van der Waals surface area contributed by atoms with Crippen LogP contribution in [0.15, 0.2) is 48.7 Å². The minimum Gasteiger partial charge on any atom is -0.382 e. The van der Waals surface area contributed by atoms with Gasteiger partial charge in [-0.15, -0.1) is 0 Å². The Morgan fingerprint density at radius 3 is 2.71 bits per heavy atom. The maximum absolute atomic E-state index is 12.2. The number of amides is 1. The van der Waals surface area contributed by atoms with Gasteiger partial charge in [0, 0.05) is 24.5 Å². The van der Waals surface area contributed by atoms with Gasteiger partial charge in [-0.05, 0) is 43.4 Å². The van der Waals surface area contributed by atoms with Crippen molar-refractivity contribution < 1.29 is 4.79 Å². The number of hydrogen-bond acceptors (Lipinski definition) is 3. The first kappa shape index (κ1) is 16.5. The number of anilines is 1. The van der Waals surface area contributed by atoms with Gasteiger partial charge in [0.2, 0.25) is 0 Å². The Balaban J connectivity index is 1.46. The summed E-state index contributed by atoms with van der Waals surface area (Å²) in [6.07, 6.45) is 8.60. The van der Waals surface area contributed by atoms with Gasteiger partial charge in [-0.2, -0.15) is 0 Å². The molecule has 2 N–H and O–H groups in total. The lowest BCUT2D eigenvalue weighted by molar-refractivity contribution is 0.0948. The molecule has 4 nitrogen and oxygen atoms in total. The lowest BCUT2D eigenvalue weighted by atomic mass is 10.1. The molecule has 1 fully saturated rings. The van der Waals surface area contributed by atoms with E-state index in [4.69, 9.17) is 0 Å². The molecule has 24 heavy (non-hydrogen) atoms. The van der Waals surface area contributed by atoms with E-state index < -0.39 is 0 Å². The van der Waals surface area contributed by atoms with Gasteiger partial charge >= 0.3 is 0 Å². The molecule has 1 aliphatic rings. The Bertz CT molecular complexity index is 651. The summed E-state index contributed by atoms with van der Waals surface area (Å²) in [5, 5.41) is 6.47. The van der Waals surface area contributed by atoms with Crippen LogP contribution in [0.4, 0.5) is 5.69 Å². The van der Waals surface area contributed by atoms with Crippen molar-refractivity contribution in [3.8, 4) is 0 Å². The fourth-order valence-corrected chi connectivity index (χ4v) is 3.18. The summed E-state index contributed by atoms with van der Waals surface area (Å²) >= 11 is 0. The molecule has 2 aromatic rings. The Kier molecular flexibility index (Phi) is 5.83.